The van der Waals surface area contributed by atoms with Crippen LogP contribution in [0.4, 0.5) is 62.6 Å². The minimum atomic E-state index is -0.0728. The van der Waals surface area contributed by atoms with E-state index in [0.717, 1.165) is 118 Å². The minimum absolute atomic E-state index is 0.0728. The van der Waals surface area contributed by atoms with E-state index in [-0.39, 0.29) is 6.04 Å². The van der Waals surface area contributed by atoms with E-state index < -0.39 is 0 Å². The first-order chi connectivity index (χ1) is 48.0. The molecule has 7 nitrogen and oxygen atoms in total. The van der Waals surface area contributed by atoms with Gasteiger partial charge in [0.15, 0.2) is 34.5 Å². The maximum atomic E-state index is 7.56. The normalized spacial score (nSPS) is 13.8. The molecule has 0 saturated carbocycles. The van der Waals surface area contributed by atoms with Gasteiger partial charge in [-0.25, -0.2) is 0 Å². The summed E-state index contributed by atoms with van der Waals surface area (Å²) in [6.45, 7) is 0. The van der Waals surface area contributed by atoms with Gasteiger partial charge in [-0.2, -0.15) is 0 Å². The van der Waals surface area contributed by atoms with Crippen LogP contribution in [0.1, 0.15) is 11.1 Å². The average molecular weight is 1240 g/mol. The molecule has 0 N–H and O–H groups in total. The van der Waals surface area contributed by atoms with Gasteiger partial charge in [-0.3, -0.25) is 4.90 Å². The zero-order valence-corrected chi connectivity index (χ0v) is 52.4. The average Bonchev–Trinajstić information content (AvgIpc) is 0.684. The highest BCUT2D eigenvalue weighted by molar-refractivity contribution is 6.13. The molecule has 4 aliphatic rings. The molecule has 0 aromatic heterocycles. The highest BCUT2D eigenvalue weighted by atomic mass is 16.5. The number of hydrogen-bond donors (Lipinski definition) is 0. The van der Waals surface area contributed by atoms with Crippen LogP contribution in [0.5, 0.6) is 34.5 Å². The van der Waals surface area contributed by atoms with Crippen molar-refractivity contribution in [2.75, 3.05) is 19.6 Å². The van der Waals surface area contributed by atoms with E-state index in [1.54, 1.807) is 0 Å². The number of hydrogen-bond acceptors (Lipinski definition) is 7. The third-order valence-corrected chi connectivity index (χ3v) is 20.4. The van der Waals surface area contributed by atoms with Crippen LogP contribution in [0.15, 0.2) is 315 Å². The van der Waals surface area contributed by atoms with Crippen molar-refractivity contribution in [2.45, 2.75) is 12.5 Å². The van der Waals surface area contributed by atoms with Crippen LogP contribution in [0.3, 0.4) is 0 Å². The zero-order chi connectivity index (χ0) is 63.4. The van der Waals surface area contributed by atoms with Gasteiger partial charge in [0.25, 0.3) is 0 Å². The maximum absolute atomic E-state index is 7.56. The number of nitrogens with zero attached hydrogens (tertiary/aromatic N) is 4. The van der Waals surface area contributed by atoms with Crippen molar-refractivity contribution in [3.8, 4) is 34.5 Å². The minimum Gasteiger partial charge on any atom is -0.452 e. The molecule has 0 amide bonds. The Hall–Kier alpha value is -12.8. The number of ether oxygens (including phenoxy) is 3. The maximum Gasteiger partial charge on any atom is 0.163 e. The summed E-state index contributed by atoms with van der Waals surface area (Å²) in [4.78, 5) is 9.63. The van der Waals surface area contributed by atoms with Crippen molar-refractivity contribution in [3.05, 3.63) is 327 Å². The predicted molar refractivity (Wildman–Crippen MR) is 402 cm³/mol. The third-order valence-electron chi connectivity index (χ3n) is 20.4. The molecule has 0 bridgehead atoms. The molecule has 17 aromatic carbocycles. The van der Waals surface area contributed by atoms with Gasteiger partial charge in [0.05, 0.1) is 6.04 Å². The lowest BCUT2D eigenvalue weighted by Gasteiger charge is -2.44. The van der Waals surface area contributed by atoms with Gasteiger partial charge in [0.1, 0.15) is 17.1 Å². The lowest BCUT2D eigenvalue weighted by atomic mass is 9.89. The second-order valence-corrected chi connectivity index (χ2v) is 26.0. The number of benzene rings is 17. The quantitative estimate of drug-likeness (QED) is 0.143. The molecule has 1 atom stereocenters. The summed E-state index contributed by atoms with van der Waals surface area (Å²) in [5.74, 6) is 4.33. The monoisotopic (exact) mass is 1240 g/mol. The van der Waals surface area contributed by atoms with Gasteiger partial charge in [0, 0.05) is 61.8 Å². The van der Waals surface area contributed by atoms with E-state index >= 15 is 0 Å². The molecular weight excluding hydrogens is 1190 g/mol. The van der Waals surface area contributed by atoms with Crippen LogP contribution < -0.4 is 33.8 Å². The molecule has 0 saturated heterocycles. The fourth-order valence-electron chi connectivity index (χ4n) is 15.8. The molecule has 17 aromatic rings. The van der Waals surface area contributed by atoms with Crippen molar-refractivity contribution in [1.29, 1.82) is 0 Å². The SMILES string of the molecule is C1=CC(N(c2ccc3ccccc3c2)c2ccc3ccccc3c2)Cc2cc3c4c(c21)Oc1cc2cc(N(c5ccc6ccccc6c5)c5ccc6ccccc6c5)ccc2c2c1N4c1c(cc4cc(N(c5ccc6ccccc6c5)c5ccc6ccccc6c5)ccc4c1O3)O2. The Balaban J connectivity index is 0.763. The van der Waals surface area contributed by atoms with Gasteiger partial charge in [-0.15, -0.1) is 0 Å². The molecule has 21 rings (SSSR count). The summed E-state index contributed by atoms with van der Waals surface area (Å²) in [5.41, 5.74) is 13.2. The van der Waals surface area contributed by atoms with E-state index in [2.05, 4.69) is 341 Å². The van der Waals surface area contributed by atoms with Gasteiger partial charge >= 0.3 is 0 Å². The summed E-state index contributed by atoms with van der Waals surface area (Å²) < 4.78 is 22.7. The number of fused-ring (bicyclic) bond motifs is 12. The van der Waals surface area contributed by atoms with Crippen LogP contribution in [0, 0.1) is 0 Å². The Morgan fingerprint density at radius 3 is 0.928 bits per heavy atom. The Bertz CT molecular complexity index is 6050. The first kappa shape index (κ1) is 53.6. The van der Waals surface area contributed by atoms with Crippen LogP contribution in [0.25, 0.3) is 92.3 Å². The van der Waals surface area contributed by atoms with Crippen molar-refractivity contribution >= 4 is 155 Å². The van der Waals surface area contributed by atoms with Gasteiger partial charge in [-0.05, 0) is 215 Å². The molecule has 1 unspecified atom stereocenters. The fraction of sp³-hybridized carbons (Fsp3) is 0.0222. The van der Waals surface area contributed by atoms with Crippen LogP contribution in [-0.4, -0.2) is 6.04 Å². The van der Waals surface area contributed by atoms with Crippen LogP contribution in [-0.2, 0) is 6.42 Å². The van der Waals surface area contributed by atoms with Gasteiger partial charge < -0.3 is 28.9 Å². The second kappa shape index (κ2) is 20.8. The number of anilines is 11. The highest BCUT2D eigenvalue weighted by Crippen LogP contribution is 2.70. The lowest BCUT2D eigenvalue weighted by Crippen LogP contribution is -2.33. The highest BCUT2D eigenvalue weighted by Gasteiger charge is 2.45. The first-order valence-electron chi connectivity index (χ1n) is 33.3. The molecular formula is C90H56N4O3. The predicted octanol–water partition coefficient (Wildman–Crippen LogP) is 25.4. The molecule has 7 heteroatoms. The number of rotatable bonds is 9. The molecule has 3 heterocycles. The summed E-state index contributed by atoms with van der Waals surface area (Å²) >= 11 is 0. The first-order valence-corrected chi connectivity index (χ1v) is 33.3. The molecule has 0 spiro atoms. The third kappa shape index (κ3) is 8.48. The molecule has 1 aliphatic carbocycles. The largest absolute Gasteiger partial charge is 0.452 e. The van der Waals surface area contributed by atoms with Crippen LogP contribution in [0.2, 0.25) is 0 Å². The summed E-state index contributed by atoms with van der Waals surface area (Å²) in [6.07, 6.45) is 5.34. The molecule has 97 heavy (non-hydrogen) atoms. The van der Waals surface area contributed by atoms with E-state index in [1.165, 1.54) is 64.6 Å². The van der Waals surface area contributed by atoms with Gasteiger partial charge in [-0.1, -0.05) is 194 Å². The molecule has 454 valence electrons. The van der Waals surface area contributed by atoms with Crippen molar-refractivity contribution in [3.63, 3.8) is 0 Å². The Kier molecular flexibility index (Phi) is 11.5. The Morgan fingerprint density at radius 2 is 0.557 bits per heavy atom. The van der Waals surface area contributed by atoms with Gasteiger partial charge in [0.2, 0.25) is 0 Å². The van der Waals surface area contributed by atoms with E-state index in [1.807, 2.05) is 0 Å². The topological polar surface area (TPSA) is 40.7 Å². The summed E-state index contributed by atoms with van der Waals surface area (Å²) in [7, 11) is 0. The fourth-order valence-corrected chi connectivity index (χ4v) is 15.8. The zero-order valence-electron chi connectivity index (χ0n) is 52.4. The van der Waals surface area contributed by atoms with Crippen molar-refractivity contribution in [1.82, 2.24) is 0 Å². The lowest BCUT2D eigenvalue weighted by molar-refractivity contribution is 0.421. The van der Waals surface area contributed by atoms with E-state index in [4.69, 9.17) is 14.2 Å². The smallest absolute Gasteiger partial charge is 0.163 e. The van der Waals surface area contributed by atoms with Crippen molar-refractivity contribution in [2.24, 2.45) is 0 Å². The standard InChI is InChI=1S/C90H56N4O3/c1-7-19-61-43-70(31-25-55(61)13-1)91(71-32-26-56-14-2-8-20-62(56)44-71)76-37-40-79-67(49-76)52-82-85-88(79)96-83-53-68-50-78(93(74-35-29-59-17-5-11-23-65(59)47-74)75-36-30-60-18-6-12-24-66(60)48-75)39-42-81(68)90-86(83)94(85)87-84(97-90)54-69-51-77(38-41-80(69)89(87)95-82)92(72-33-27-57-15-3-9-21-63(57)45-72)73-34-28-58-16-4-10-22-64(58)46-73/h1-50,52-54,77H,51H2. The van der Waals surface area contributed by atoms with Crippen LogP contribution >= 0.6 is 0 Å². The Labute approximate surface area is 558 Å². The molecule has 0 fully saturated rings. The van der Waals surface area contributed by atoms with E-state index in [9.17, 15) is 0 Å². The second-order valence-electron chi connectivity index (χ2n) is 26.0. The van der Waals surface area contributed by atoms with Crippen molar-refractivity contribution < 1.29 is 14.2 Å². The van der Waals surface area contributed by atoms with E-state index in [0.29, 0.717) is 17.9 Å². The Morgan fingerprint density at radius 1 is 0.268 bits per heavy atom. The summed E-state index contributed by atoms with van der Waals surface area (Å²) in [5, 5.41) is 18.1. The molecule has 3 aliphatic heterocycles. The molecule has 0 radical (unpaired) electrons. The summed E-state index contributed by atoms with van der Waals surface area (Å²) in [6, 6.07) is 112.